The molecule has 2 saturated carbocycles. The zero-order chi connectivity index (χ0) is 13.0. The van der Waals surface area contributed by atoms with Crippen molar-refractivity contribution in [3.63, 3.8) is 0 Å². The van der Waals surface area contributed by atoms with E-state index >= 15 is 0 Å². The summed E-state index contributed by atoms with van der Waals surface area (Å²) in [7, 11) is 0. The van der Waals surface area contributed by atoms with Gasteiger partial charge in [0.2, 0.25) is 5.91 Å². The summed E-state index contributed by atoms with van der Waals surface area (Å²) in [5, 5.41) is 4.31. The van der Waals surface area contributed by atoms with Crippen molar-refractivity contribution in [2.24, 2.45) is 23.7 Å². The first kappa shape index (κ1) is 14.4. The molecule has 2 nitrogen and oxygen atoms in total. The second-order valence-electron chi connectivity index (χ2n) is 6.31. The van der Waals surface area contributed by atoms with Gasteiger partial charge >= 0.3 is 0 Å². The summed E-state index contributed by atoms with van der Waals surface area (Å²) in [6, 6.07) is 0. The number of halogens is 1. The summed E-state index contributed by atoms with van der Waals surface area (Å²) < 4.78 is 0. The Morgan fingerprint density at radius 2 is 1.78 bits per heavy atom. The third kappa shape index (κ3) is 3.72. The van der Waals surface area contributed by atoms with Crippen LogP contribution in [0.15, 0.2) is 0 Å². The first-order valence-corrected chi connectivity index (χ1v) is 8.66. The summed E-state index contributed by atoms with van der Waals surface area (Å²) >= 11 is 3.59. The van der Waals surface area contributed by atoms with Gasteiger partial charge < -0.3 is 5.32 Å². The molecule has 104 valence electrons. The van der Waals surface area contributed by atoms with Gasteiger partial charge in [0.25, 0.3) is 0 Å². The van der Waals surface area contributed by atoms with Crippen molar-refractivity contribution in [2.45, 2.75) is 51.9 Å². The van der Waals surface area contributed by atoms with E-state index in [9.17, 15) is 4.79 Å². The van der Waals surface area contributed by atoms with E-state index in [1.807, 2.05) is 0 Å². The van der Waals surface area contributed by atoms with E-state index in [2.05, 4.69) is 28.2 Å². The molecule has 0 saturated heterocycles. The average Bonchev–Trinajstić information content (AvgIpc) is 2.84. The van der Waals surface area contributed by atoms with Crippen LogP contribution in [-0.4, -0.2) is 17.8 Å². The second-order valence-corrected chi connectivity index (χ2v) is 6.95. The van der Waals surface area contributed by atoms with Crippen LogP contribution in [0.2, 0.25) is 0 Å². The van der Waals surface area contributed by atoms with Crippen LogP contribution in [0.4, 0.5) is 0 Å². The van der Waals surface area contributed by atoms with Crippen molar-refractivity contribution in [3.8, 4) is 0 Å². The van der Waals surface area contributed by atoms with Crippen LogP contribution in [0.25, 0.3) is 0 Å². The van der Waals surface area contributed by atoms with Crippen LogP contribution in [0.3, 0.4) is 0 Å². The quantitative estimate of drug-likeness (QED) is 0.787. The molecule has 1 N–H and O–H groups in total. The molecular weight excluding hydrogens is 290 g/mol. The summed E-state index contributed by atoms with van der Waals surface area (Å²) in [6.45, 7) is 3.20. The molecule has 2 unspecified atom stereocenters. The van der Waals surface area contributed by atoms with E-state index in [1.165, 1.54) is 32.1 Å². The van der Waals surface area contributed by atoms with Gasteiger partial charge in [-0.15, -0.1) is 0 Å². The zero-order valence-electron chi connectivity index (χ0n) is 11.5. The van der Waals surface area contributed by atoms with E-state index in [1.54, 1.807) is 0 Å². The highest BCUT2D eigenvalue weighted by atomic mass is 79.9. The van der Waals surface area contributed by atoms with Crippen molar-refractivity contribution in [1.29, 1.82) is 0 Å². The summed E-state index contributed by atoms with van der Waals surface area (Å²) in [4.78, 5) is 12.1. The molecular formula is C15H26BrNO. The van der Waals surface area contributed by atoms with E-state index < -0.39 is 0 Å². The molecule has 0 bridgehead atoms. The second kappa shape index (κ2) is 6.93. The van der Waals surface area contributed by atoms with Crippen molar-refractivity contribution >= 4 is 21.8 Å². The fourth-order valence-corrected chi connectivity index (χ4v) is 4.34. The van der Waals surface area contributed by atoms with Gasteiger partial charge in [0.05, 0.1) is 0 Å². The minimum Gasteiger partial charge on any atom is -0.356 e. The molecule has 0 aromatic heterocycles. The van der Waals surface area contributed by atoms with Crippen LogP contribution >= 0.6 is 15.9 Å². The fraction of sp³-hybridized carbons (Fsp3) is 0.933. The molecule has 0 heterocycles. The molecule has 3 heteroatoms. The number of hydrogen-bond acceptors (Lipinski definition) is 1. The van der Waals surface area contributed by atoms with Crippen molar-refractivity contribution < 1.29 is 4.79 Å². The molecule has 0 radical (unpaired) electrons. The first-order chi connectivity index (χ1) is 8.70. The number of alkyl halides is 1. The molecule has 2 aliphatic carbocycles. The van der Waals surface area contributed by atoms with Crippen molar-refractivity contribution in [2.75, 3.05) is 11.9 Å². The van der Waals surface area contributed by atoms with Gasteiger partial charge in [-0.2, -0.15) is 0 Å². The van der Waals surface area contributed by atoms with E-state index in [0.29, 0.717) is 17.7 Å². The number of rotatable bonds is 4. The van der Waals surface area contributed by atoms with Crippen LogP contribution in [0.5, 0.6) is 0 Å². The SMILES string of the molecule is CC1CCC(C(=O)NCC2CCCC2CBr)CC1. The Morgan fingerprint density at radius 1 is 1.11 bits per heavy atom. The number of carbonyl (C=O) groups excluding carboxylic acids is 1. The third-order valence-electron chi connectivity index (χ3n) is 4.94. The topological polar surface area (TPSA) is 29.1 Å². The monoisotopic (exact) mass is 315 g/mol. The van der Waals surface area contributed by atoms with Gasteiger partial charge in [-0.1, -0.05) is 29.3 Å². The number of nitrogens with one attached hydrogen (secondary N) is 1. The summed E-state index contributed by atoms with van der Waals surface area (Å²) in [5.41, 5.74) is 0. The summed E-state index contributed by atoms with van der Waals surface area (Å²) in [6.07, 6.45) is 8.60. The minimum atomic E-state index is 0.296. The van der Waals surface area contributed by atoms with Gasteiger partial charge in [0.1, 0.15) is 0 Å². The molecule has 2 rings (SSSR count). The molecule has 2 aliphatic rings. The molecule has 2 fully saturated rings. The molecule has 0 aromatic rings. The largest absolute Gasteiger partial charge is 0.356 e. The van der Waals surface area contributed by atoms with E-state index in [4.69, 9.17) is 0 Å². The Kier molecular flexibility index (Phi) is 5.53. The van der Waals surface area contributed by atoms with Crippen LogP contribution in [0.1, 0.15) is 51.9 Å². The van der Waals surface area contributed by atoms with E-state index in [0.717, 1.165) is 36.6 Å². The predicted molar refractivity (Wildman–Crippen MR) is 78.8 cm³/mol. The molecule has 2 atom stereocenters. The maximum Gasteiger partial charge on any atom is 0.223 e. The third-order valence-corrected chi connectivity index (χ3v) is 5.77. The Hall–Kier alpha value is -0.0500. The van der Waals surface area contributed by atoms with Gasteiger partial charge in [-0.05, 0) is 56.3 Å². The molecule has 18 heavy (non-hydrogen) atoms. The van der Waals surface area contributed by atoms with Gasteiger partial charge in [-0.3, -0.25) is 4.79 Å². The minimum absolute atomic E-state index is 0.296. The lowest BCUT2D eigenvalue weighted by molar-refractivity contribution is -0.126. The van der Waals surface area contributed by atoms with Crippen LogP contribution < -0.4 is 5.32 Å². The smallest absolute Gasteiger partial charge is 0.223 e. The number of hydrogen-bond donors (Lipinski definition) is 1. The van der Waals surface area contributed by atoms with Crippen molar-refractivity contribution in [3.05, 3.63) is 0 Å². The standard InChI is InChI=1S/C15H26BrNO/c1-11-5-7-12(8-6-11)15(18)17-10-14-4-2-3-13(14)9-16/h11-14H,2-10H2,1H3,(H,17,18). The highest BCUT2D eigenvalue weighted by molar-refractivity contribution is 9.09. The Bertz CT molecular complexity index is 274. The zero-order valence-corrected chi connectivity index (χ0v) is 13.0. The normalized spacial score (nSPS) is 36.6. The lowest BCUT2D eigenvalue weighted by atomic mass is 9.82. The Morgan fingerprint density at radius 3 is 2.44 bits per heavy atom. The van der Waals surface area contributed by atoms with Crippen molar-refractivity contribution in [1.82, 2.24) is 5.32 Å². The Labute approximate surface area is 119 Å². The number of carbonyl (C=O) groups is 1. The average molecular weight is 316 g/mol. The molecule has 0 aliphatic heterocycles. The van der Waals surface area contributed by atoms with Gasteiger partial charge in [-0.25, -0.2) is 0 Å². The van der Waals surface area contributed by atoms with E-state index in [-0.39, 0.29) is 0 Å². The maximum absolute atomic E-state index is 12.1. The van der Waals surface area contributed by atoms with Crippen LogP contribution in [-0.2, 0) is 4.79 Å². The lowest BCUT2D eigenvalue weighted by Crippen LogP contribution is -2.36. The highest BCUT2D eigenvalue weighted by Gasteiger charge is 2.28. The predicted octanol–water partition coefficient (Wildman–Crippen LogP) is 3.74. The Balaban J connectivity index is 1.71. The molecule has 0 aromatic carbocycles. The maximum atomic E-state index is 12.1. The highest BCUT2D eigenvalue weighted by Crippen LogP contribution is 2.33. The van der Waals surface area contributed by atoms with Crippen LogP contribution in [0, 0.1) is 23.7 Å². The fourth-order valence-electron chi connectivity index (χ4n) is 3.48. The molecule has 1 amide bonds. The van der Waals surface area contributed by atoms with Gasteiger partial charge in [0.15, 0.2) is 0 Å². The lowest BCUT2D eigenvalue weighted by Gasteiger charge is -2.26. The van der Waals surface area contributed by atoms with Gasteiger partial charge in [0, 0.05) is 17.8 Å². The summed E-state index contributed by atoms with van der Waals surface area (Å²) in [5.74, 6) is 2.92. The molecule has 0 spiro atoms. The first-order valence-electron chi connectivity index (χ1n) is 7.54. The number of amides is 1.